The fourth-order valence-corrected chi connectivity index (χ4v) is 3.57. The van der Waals surface area contributed by atoms with Gasteiger partial charge in [0, 0.05) is 15.1 Å². The van der Waals surface area contributed by atoms with Gasteiger partial charge in [-0.05, 0) is 41.8 Å². The predicted octanol–water partition coefficient (Wildman–Crippen LogP) is 6.58. The third-order valence-electron chi connectivity index (χ3n) is 2.79. The molecule has 100 valence electrons. The van der Waals surface area contributed by atoms with E-state index in [9.17, 15) is 4.39 Å². The van der Waals surface area contributed by atoms with E-state index in [0.717, 1.165) is 11.1 Å². The molecular weight excluding hydrogens is 373 g/mol. The molecule has 0 amide bonds. The maximum Gasteiger partial charge on any atom is 0.127 e. The molecule has 0 N–H and O–H groups in total. The van der Waals surface area contributed by atoms with Crippen molar-refractivity contribution in [1.82, 2.24) is 0 Å². The van der Waals surface area contributed by atoms with Gasteiger partial charge in [-0.2, -0.15) is 0 Å². The quantitative estimate of drug-likeness (QED) is 0.515. The first kappa shape index (κ1) is 15.1. The van der Waals surface area contributed by atoms with Gasteiger partial charge in [-0.3, -0.25) is 0 Å². The molecule has 0 aliphatic carbocycles. The second-order valence-electron chi connectivity index (χ2n) is 4.15. The molecule has 0 fully saturated rings. The van der Waals surface area contributed by atoms with Crippen LogP contribution < -0.4 is 0 Å². The summed E-state index contributed by atoms with van der Waals surface area (Å²) >= 11 is 21.7. The van der Waals surface area contributed by atoms with Gasteiger partial charge in [-0.1, -0.05) is 62.9 Å². The summed E-state index contributed by atoms with van der Waals surface area (Å²) in [5.74, 6) is -0.323. The van der Waals surface area contributed by atoms with Gasteiger partial charge >= 0.3 is 0 Å². The van der Waals surface area contributed by atoms with Crippen LogP contribution in [0.5, 0.6) is 0 Å². The van der Waals surface area contributed by atoms with Crippen LogP contribution in [0.2, 0.25) is 15.1 Å². The smallest absolute Gasteiger partial charge is 0.127 e. The van der Waals surface area contributed by atoms with E-state index >= 15 is 0 Å². The summed E-state index contributed by atoms with van der Waals surface area (Å²) in [6.45, 7) is 1.69. The van der Waals surface area contributed by atoms with Gasteiger partial charge in [-0.15, -0.1) is 0 Å². The second kappa shape index (κ2) is 6.01. The summed E-state index contributed by atoms with van der Waals surface area (Å²) in [6, 6.07) is 8.25. The summed E-state index contributed by atoms with van der Waals surface area (Å²) < 4.78 is 13.4. The molecule has 0 heterocycles. The molecule has 0 nitrogen and oxygen atoms in total. The molecule has 0 bridgehead atoms. The molecule has 0 aliphatic heterocycles. The number of benzene rings is 2. The summed E-state index contributed by atoms with van der Waals surface area (Å²) in [4.78, 5) is -0.218. The van der Waals surface area contributed by atoms with Gasteiger partial charge in [0.05, 0.1) is 4.83 Å². The molecule has 0 saturated heterocycles. The molecule has 5 heteroatoms. The Kier molecular flexibility index (Phi) is 4.78. The number of hydrogen-bond acceptors (Lipinski definition) is 0. The maximum atomic E-state index is 13.4. The molecule has 2 aromatic carbocycles. The van der Waals surface area contributed by atoms with Gasteiger partial charge in [0.25, 0.3) is 0 Å². The Bertz CT molecular complexity index is 628. The lowest BCUT2D eigenvalue weighted by Gasteiger charge is -2.15. The lowest BCUT2D eigenvalue weighted by molar-refractivity contribution is 0.618. The van der Waals surface area contributed by atoms with Crippen molar-refractivity contribution in [2.24, 2.45) is 0 Å². The third kappa shape index (κ3) is 3.25. The zero-order valence-electron chi connectivity index (χ0n) is 9.85. The largest absolute Gasteiger partial charge is 0.207 e. The Morgan fingerprint density at radius 2 is 1.63 bits per heavy atom. The van der Waals surface area contributed by atoms with E-state index < -0.39 is 0 Å². The third-order valence-corrected chi connectivity index (χ3v) is 4.66. The highest BCUT2D eigenvalue weighted by atomic mass is 79.9. The van der Waals surface area contributed by atoms with Gasteiger partial charge in [0.15, 0.2) is 0 Å². The van der Waals surface area contributed by atoms with Crippen LogP contribution in [-0.4, -0.2) is 0 Å². The summed E-state index contributed by atoms with van der Waals surface area (Å²) in [5.41, 5.74) is 2.14. The number of rotatable bonds is 2. The minimum Gasteiger partial charge on any atom is -0.207 e. The van der Waals surface area contributed by atoms with Gasteiger partial charge < -0.3 is 0 Å². The fourth-order valence-electron chi connectivity index (χ4n) is 1.75. The Labute approximate surface area is 134 Å². The Morgan fingerprint density at radius 1 is 1.00 bits per heavy atom. The van der Waals surface area contributed by atoms with E-state index in [1.54, 1.807) is 25.1 Å². The van der Waals surface area contributed by atoms with Crippen LogP contribution in [0, 0.1) is 12.7 Å². The van der Waals surface area contributed by atoms with Gasteiger partial charge in [0.1, 0.15) is 5.82 Å². The minimum atomic E-state index is -0.323. The number of alkyl halides is 1. The molecule has 0 saturated carbocycles. The Balaban J connectivity index is 2.49. The van der Waals surface area contributed by atoms with E-state index in [1.807, 2.05) is 6.07 Å². The van der Waals surface area contributed by atoms with Crippen molar-refractivity contribution in [2.75, 3.05) is 0 Å². The average Bonchev–Trinajstić information content (AvgIpc) is 2.33. The monoisotopic (exact) mass is 380 g/mol. The number of hydrogen-bond donors (Lipinski definition) is 0. The van der Waals surface area contributed by atoms with E-state index in [-0.39, 0.29) is 10.6 Å². The summed E-state index contributed by atoms with van der Waals surface area (Å²) in [5, 5.41) is 1.46. The molecule has 1 unspecified atom stereocenters. The van der Waals surface area contributed by atoms with Crippen LogP contribution >= 0.6 is 50.7 Å². The van der Waals surface area contributed by atoms with Crippen LogP contribution in [0.1, 0.15) is 21.5 Å². The first-order valence-corrected chi connectivity index (χ1v) is 7.49. The topological polar surface area (TPSA) is 0 Å². The lowest BCUT2D eigenvalue weighted by atomic mass is 10.0. The Hall–Kier alpha value is -0.280. The average molecular weight is 382 g/mol. The summed E-state index contributed by atoms with van der Waals surface area (Å²) in [7, 11) is 0. The van der Waals surface area contributed by atoms with Gasteiger partial charge in [-0.25, -0.2) is 4.39 Å². The van der Waals surface area contributed by atoms with Crippen molar-refractivity contribution >= 4 is 50.7 Å². The highest BCUT2D eigenvalue weighted by molar-refractivity contribution is 9.09. The molecule has 2 aromatic rings. The van der Waals surface area contributed by atoms with Crippen LogP contribution in [0.15, 0.2) is 30.3 Å². The molecule has 1 atom stereocenters. The highest BCUT2D eigenvalue weighted by Gasteiger charge is 2.18. The minimum absolute atomic E-state index is 0.218. The van der Waals surface area contributed by atoms with Crippen molar-refractivity contribution in [3.8, 4) is 0 Å². The number of aryl methyl sites for hydroxylation is 1. The number of halogens is 5. The maximum absolute atomic E-state index is 13.4. The molecule has 0 aliphatic rings. The second-order valence-corrected chi connectivity index (χ2v) is 6.32. The van der Waals surface area contributed by atoms with E-state index in [4.69, 9.17) is 34.8 Å². The van der Waals surface area contributed by atoms with Crippen molar-refractivity contribution in [3.05, 3.63) is 67.9 Å². The SMILES string of the molecule is Cc1cc(C(Br)c2ccc(Cl)cc2Cl)c(Cl)cc1F. The zero-order valence-corrected chi connectivity index (χ0v) is 13.7. The normalized spacial score (nSPS) is 12.5. The molecule has 0 radical (unpaired) electrons. The summed E-state index contributed by atoms with van der Waals surface area (Å²) in [6.07, 6.45) is 0. The Morgan fingerprint density at radius 3 is 2.26 bits per heavy atom. The molecular formula is C14H9BrCl3F. The van der Waals surface area contributed by atoms with Crippen molar-refractivity contribution in [3.63, 3.8) is 0 Å². The van der Waals surface area contributed by atoms with Crippen LogP contribution in [0.3, 0.4) is 0 Å². The first-order valence-electron chi connectivity index (χ1n) is 5.44. The zero-order chi connectivity index (χ0) is 14.2. The van der Waals surface area contributed by atoms with E-state index in [2.05, 4.69) is 15.9 Å². The van der Waals surface area contributed by atoms with Gasteiger partial charge in [0.2, 0.25) is 0 Å². The standard InChI is InChI=1S/C14H9BrCl3F/c1-7-4-10(12(18)6-13(7)19)14(15)9-3-2-8(16)5-11(9)17/h2-6,14H,1H3. The first-order chi connectivity index (χ1) is 8.90. The lowest BCUT2D eigenvalue weighted by Crippen LogP contribution is -1.97. The van der Waals surface area contributed by atoms with Crippen LogP contribution in [0.25, 0.3) is 0 Å². The van der Waals surface area contributed by atoms with Crippen molar-refractivity contribution < 1.29 is 4.39 Å². The highest BCUT2D eigenvalue weighted by Crippen LogP contribution is 2.40. The van der Waals surface area contributed by atoms with Crippen molar-refractivity contribution in [2.45, 2.75) is 11.8 Å². The molecule has 19 heavy (non-hydrogen) atoms. The predicted molar refractivity (Wildman–Crippen MR) is 83.4 cm³/mol. The van der Waals surface area contributed by atoms with E-state index in [1.165, 1.54) is 6.07 Å². The molecule has 0 spiro atoms. The van der Waals surface area contributed by atoms with Crippen LogP contribution in [0.4, 0.5) is 4.39 Å². The fraction of sp³-hybridized carbons (Fsp3) is 0.143. The molecule has 0 aromatic heterocycles. The molecule has 2 rings (SSSR count). The van der Waals surface area contributed by atoms with Crippen LogP contribution in [-0.2, 0) is 0 Å². The van der Waals surface area contributed by atoms with Crippen molar-refractivity contribution in [1.29, 1.82) is 0 Å². The van der Waals surface area contributed by atoms with E-state index in [0.29, 0.717) is 20.6 Å².